The van der Waals surface area contributed by atoms with E-state index in [9.17, 15) is 0 Å². The minimum atomic E-state index is -2.22. The molecule has 0 fully saturated rings. The Hall–Kier alpha value is -1.41. The Balaban J connectivity index is 0.000000314. The van der Waals surface area contributed by atoms with E-state index in [4.69, 9.17) is 41.1 Å². The fourth-order valence-corrected chi connectivity index (χ4v) is 1.09. The van der Waals surface area contributed by atoms with Crippen LogP contribution in [0.25, 0.3) is 0 Å². The van der Waals surface area contributed by atoms with Crippen LogP contribution in [0, 0.1) is 0 Å². The van der Waals surface area contributed by atoms with E-state index in [2.05, 4.69) is 15.0 Å². The second-order valence-electron chi connectivity index (χ2n) is 3.89. The van der Waals surface area contributed by atoms with Crippen LogP contribution < -0.4 is 0 Å². The molecule has 0 unspecified atom stereocenters. The maximum atomic E-state index is 6.88. The van der Waals surface area contributed by atoms with Crippen molar-refractivity contribution in [2.75, 3.05) is 0 Å². The van der Waals surface area contributed by atoms with E-state index in [0.29, 0.717) is 17.6 Å². The number of aromatic nitrogens is 3. The third-order valence-corrected chi connectivity index (χ3v) is 1.99. The molecule has 0 saturated heterocycles. The maximum absolute atomic E-state index is 6.88. The Morgan fingerprint density at radius 3 is 0.880 bits per heavy atom. The van der Waals surface area contributed by atoms with E-state index in [1.165, 1.54) is 0 Å². The summed E-state index contributed by atoms with van der Waals surface area (Å²) < 4.78 is 0. The quantitative estimate of drug-likeness (QED) is 0.434. The van der Waals surface area contributed by atoms with Gasteiger partial charge in [-0.15, -0.1) is 0 Å². The SMILES string of the molecule is [Cl][In]([Cl])[Cl].[OH2+]c1ccccn1.[OH2+]c1ccccn1.[OH2+]c1ccccn1. The standard InChI is InChI=1S/3C5H5NO.3ClH.In/c3*7-5-3-1-2-4-6-5;;;;/h3*1-4H,(H,6,7);3*1H;/q;;;;;;+3. The van der Waals surface area contributed by atoms with Crippen molar-refractivity contribution in [3.8, 4) is 17.6 Å². The molecule has 3 aromatic heterocycles. The molecule has 25 heavy (non-hydrogen) atoms. The fourth-order valence-electron chi connectivity index (χ4n) is 1.09. The molecule has 132 valence electrons. The first-order chi connectivity index (χ1) is 11.9. The number of nitrogens with zero attached hydrogens (tertiary/aromatic N) is 3. The Kier molecular flexibility index (Phi) is 15.2. The van der Waals surface area contributed by atoms with E-state index in [0.717, 1.165) is 0 Å². The Morgan fingerprint density at radius 2 is 0.800 bits per heavy atom. The molecule has 0 saturated carbocycles. The summed E-state index contributed by atoms with van der Waals surface area (Å²) in [6.07, 6.45) is 4.80. The largest absolute Gasteiger partial charge is 0.579 e. The van der Waals surface area contributed by atoms with Crippen molar-refractivity contribution >= 4 is 43.6 Å². The van der Waals surface area contributed by atoms with Crippen molar-refractivity contribution in [1.82, 2.24) is 15.0 Å². The van der Waals surface area contributed by atoms with Crippen molar-refractivity contribution < 1.29 is 15.3 Å². The van der Waals surface area contributed by atoms with Crippen molar-refractivity contribution in [2.45, 2.75) is 0 Å². The molecule has 3 rings (SSSR count). The topological polar surface area (TPSA) is 107 Å². The number of rotatable bonds is 0. The van der Waals surface area contributed by atoms with Crippen LogP contribution in [0.5, 0.6) is 17.6 Å². The van der Waals surface area contributed by atoms with Crippen LogP contribution >= 0.6 is 25.7 Å². The fraction of sp³-hybridized carbons (Fsp3) is 0. The zero-order valence-electron chi connectivity index (χ0n) is 13.0. The van der Waals surface area contributed by atoms with Crippen LogP contribution in [0.2, 0.25) is 0 Å². The molecule has 6 N–H and O–H groups in total. The average Bonchev–Trinajstić information content (AvgIpc) is 2.58. The number of hydrogen-bond donors (Lipinski definition) is 0. The van der Waals surface area contributed by atoms with E-state index in [-0.39, 0.29) is 0 Å². The molecule has 0 aliphatic carbocycles. The third-order valence-electron chi connectivity index (χ3n) is 1.99. The summed E-state index contributed by atoms with van der Waals surface area (Å²) in [6, 6.07) is 15.6. The summed E-state index contributed by atoms with van der Waals surface area (Å²) in [5.74, 6) is 0.965. The summed E-state index contributed by atoms with van der Waals surface area (Å²) in [7, 11) is 15.0. The van der Waals surface area contributed by atoms with E-state index >= 15 is 0 Å². The molecular formula is C15H18Cl3InN3O3+3. The van der Waals surface area contributed by atoms with Crippen LogP contribution in [0.3, 0.4) is 0 Å². The van der Waals surface area contributed by atoms with Crippen molar-refractivity contribution in [3.63, 3.8) is 0 Å². The molecule has 0 amide bonds. The van der Waals surface area contributed by atoms with Crippen LogP contribution in [0.4, 0.5) is 0 Å². The van der Waals surface area contributed by atoms with Gasteiger partial charge in [0.2, 0.25) is 0 Å². The van der Waals surface area contributed by atoms with Crippen LogP contribution in [-0.2, 0) is 0 Å². The summed E-state index contributed by atoms with van der Waals surface area (Å²) in [5, 5.41) is 20.7. The molecular weight excluding hydrogens is 491 g/mol. The normalized spacial score (nSPS) is 8.28. The molecule has 6 nitrogen and oxygen atoms in total. The molecule has 0 bridgehead atoms. The predicted molar refractivity (Wildman–Crippen MR) is 105 cm³/mol. The van der Waals surface area contributed by atoms with Gasteiger partial charge in [0.15, 0.2) is 0 Å². The van der Waals surface area contributed by atoms with Gasteiger partial charge in [-0.05, 0) is 36.4 Å². The van der Waals surface area contributed by atoms with E-state index < -0.39 is 17.9 Å². The molecule has 0 aliphatic rings. The van der Waals surface area contributed by atoms with Crippen molar-refractivity contribution in [1.29, 1.82) is 0 Å². The molecule has 0 aliphatic heterocycles. The summed E-state index contributed by atoms with van der Waals surface area (Å²) in [6.45, 7) is 0. The monoisotopic (exact) mass is 508 g/mol. The zero-order chi connectivity index (χ0) is 18.9. The zero-order valence-corrected chi connectivity index (χ0v) is 18.5. The van der Waals surface area contributed by atoms with Crippen LogP contribution in [0.1, 0.15) is 0 Å². The second kappa shape index (κ2) is 16.1. The molecule has 0 atom stereocenters. The third kappa shape index (κ3) is 18.8. The van der Waals surface area contributed by atoms with Gasteiger partial charge in [0.25, 0.3) is 0 Å². The first-order valence-electron chi connectivity index (χ1n) is 6.72. The van der Waals surface area contributed by atoms with E-state index in [1.54, 1.807) is 73.2 Å². The molecule has 10 heteroatoms. The summed E-state index contributed by atoms with van der Waals surface area (Å²) in [4.78, 5) is 10.9. The minimum absolute atomic E-state index is 0.322. The van der Waals surface area contributed by atoms with Gasteiger partial charge >= 0.3 is 61.3 Å². The second-order valence-corrected chi connectivity index (χ2v) is 18.6. The smallest absolute Gasteiger partial charge is 0.356 e. The molecule has 0 radical (unpaired) electrons. The predicted octanol–water partition coefficient (Wildman–Crippen LogP) is 3.25. The average molecular weight is 510 g/mol. The van der Waals surface area contributed by atoms with Crippen LogP contribution in [-0.4, -0.2) is 48.2 Å². The number of hydrogen-bond acceptors (Lipinski definition) is 3. The first-order valence-corrected chi connectivity index (χ1v) is 19.2. The Labute approximate surface area is 164 Å². The van der Waals surface area contributed by atoms with Gasteiger partial charge in [-0.3, -0.25) is 0 Å². The van der Waals surface area contributed by atoms with Gasteiger partial charge in [-0.1, -0.05) is 0 Å². The molecule has 0 aromatic carbocycles. The molecule has 3 heterocycles. The van der Waals surface area contributed by atoms with Crippen molar-refractivity contribution in [2.24, 2.45) is 0 Å². The Bertz CT molecular complexity index is 561. The summed E-state index contributed by atoms with van der Waals surface area (Å²) in [5.41, 5.74) is 0. The van der Waals surface area contributed by atoms with E-state index in [1.807, 2.05) is 0 Å². The number of halogens is 3. The minimum Gasteiger partial charge on any atom is -0.579 e. The number of pyridine rings is 3. The van der Waals surface area contributed by atoms with Gasteiger partial charge in [0.1, 0.15) is 0 Å². The van der Waals surface area contributed by atoms with Gasteiger partial charge in [-0.2, -0.15) is 15.0 Å². The molecule has 3 aromatic rings. The maximum Gasteiger partial charge on any atom is 0.356 e. The van der Waals surface area contributed by atoms with Crippen LogP contribution in [0.15, 0.2) is 73.2 Å². The molecule has 0 spiro atoms. The van der Waals surface area contributed by atoms with Crippen molar-refractivity contribution in [3.05, 3.63) is 73.2 Å². The van der Waals surface area contributed by atoms with Gasteiger partial charge in [0, 0.05) is 18.6 Å². The first kappa shape index (κ1) is 23.6. The van der Waals surface area contributed by atoms with Gasteiger partial charge in [-0.25, -0.2) is 0 Å². The van der Waals surface area contributed by atoms with Gasteiger partial charge < -0.3 is 15.3 Å². The summed E-state index contributed by atoms with van der Waals surface area (Å²) >= 11 is -2.22. The van der Waals surface area contributed by atoms with Gasteiger partial charge in [0.05, 0.1) is 18.2 Å². The Morgan fingerprint density at radius 1 is 0.560 bits per heavy atom.